The monoisotopic (exact) mass is 431 g/mol. The number of aromatic nitrogens is 2. The van der Waals surface area contributed by atoms with Gasteiger partial charge in [-0.1, -0.05) is 6.92 Å². The molecule has 30 heavy (non-hydrogen) atoms. The maximum Gasteiger partial charge on any atom is 0.258 e. The summed E-state index contributed by atoms with van der Waals surface area (Å²) in [6.45, 7) is 6.08. The molecule has 2 aromatic heterocycles. The number of nitrogens with zero attached hydrogens (tertiary/aromatic N) is 5. The van der Waals surface area contributed by atoms with Crippen LogP contribution in [0, 0.1) is 0 Å². The van der Waals surface area contributed by atoms with Crippen LogP contribution in [-0.4, -0.2) is 74.7 Å². The van der Waals surface area contributed by atoms with Crippen LogP contribution >= 0.6 is 11.3 Å². The fourth-order valence-corrected chi connectivity index (χ4v) is 5.12. The average molecular weight is 432 g/mol. The van der Waals surface area contributed by atoms with E-state index in [1.165, 1.54) is 11.3 Å². The molecule has 0 aliphatic carbocycles. The molecule has 2 fully saturated rings. The zero-order valence-corrected chi connectivity index (χ0v) is 18.3. The van der Waals surface area contributed by atoms with Gasteiger partial charge in [0.05, 0.1) is 5.69 Å². The molecule has 2 saturated heterocycles. The molecule has 4 heterocycles. The topological polar surface area (TPSA) is 78.2 Å². The van der Waals surface area contributed by atoms with Crippen LogP contribution < -0.4 is 5.56 Å². The molecule has 2 amide bonds. The third-order valence-electron chi connectivity index (χ3n) is 6.00. The molecule has 0 bridgehead atoms. The summed E-state index contributed by atoms with van der Waals surface area (Å²) >= 11 is 1.45. The molecule has 0 N–H and O–H groups in total. The average Bonchev–Trinajstić information content (AvgIpc) is 3.23. The summed E-state index contributed by atoms with van der Waals surface area (Å²) in [5, 5.41) is 1.86. The summed E-state index contributed by atoms with van der Waals surface area (Å²) < 4.78 is 1.56. The van der Waals surface area contributed by atoms with E-state index in [1.807, 2.05) is 22.1 Å². The Hall–Kier alpha value is -2.26. The van der Waals surface area contributed by atoms with E-state index >= 15 is 0 Å². The number of hydrogen-bond acceptors (Lipinski definition) is 6. The second kappa shape index (κ2) is 9.26. The Balaban J connectivity index is 1.35. The molecule has 8 nitrogen and oxygen atoms in total. The van der Waals surface area contributed by atoms with Crippen molar-refractivity contribution in [3.63, 3.8) is 0 Å². The first-order valence-corrected chi connectivity index (χ1v) is 11.7. The van der Waals surface area contributed by atoms with Crippen molar-refractivity contribution in [3.05, 3.63) is 33.7 Å². The highest BCUT2D eigenvalue weighted by atomic mass is 32.1. The Bertz CT molecular complexity index is 963. The maximum absolute atomic E-state index is 13.2. The molecule has 2 aromatic rings. The van der Waals surface area contributed by atoms with Crippen molar-refractivity contribution in [3.8, 4) is 0 Å². The van der Waals surface area contributed by atoms with Crippen LogP contribution in [0.3, 0.4) is 0 Å². The maximum atomic E-state index is 13.2. The highest BCUT2D eigenvalue weighted by Crippen LogP contribution is 2.21. The summed E-state index contributed by atoms with van der Waals surface area (Å²) in [4.78, 5) is 49.0. The molecule has 162 valence electrons. The molecule has 0 spiro atoms. The van der Waals surface area contributed by atoms with E-state index in [2.05, 4.69) is 9.88 Å². The number of carbonyl (C=O) groups is 2. The first-order chi connectivity index (χ1) is 14.6. The minimum absolute atomic E-state index is 0.0563. The molecular weight excluding hydrogens is 402 g/mol. The normalized spacial score (nSPS) is 20.6. The number of thiazole rings is 1. The van der Waals surface area contributed by atoms with E-state index in [9.17, 15) is 14.4 Å². The highest BCUT2D eigenvalue weighted by molar-refractivity contribution is 7.15. The van der Waals surface area contributed by atoms with E-state index < -0.39 is 0 Å². The van der Waals surface area contributed by atoms with Gasteiger partial charge >= 0.3 is 0 Å². The summed E-state index contributed by atoms with van der Waals surface area (Å²) in [5.74, 6) is 0.200. The number of fused-ring (bicyclic) bond motifs is 1. The number of rotatable bonds is 5. The van der Waals surface area contributed by atoms with Crippen molar-refractivity contribution >= 4 is 28.1 Å². The minimum atomic E-state index is -0.299. The van der Waals surface area contributed by atoms with E-state index in [0.717, 1.165) is 44.5 Å². The molecule has 0 radical (unpaired) electrons. The number of piperidine rings is 1. The van der Waals surface area contributed by atoms with Crippen molar-refractivity contribution in [2.45, 2.75) is 51.6 Å². The number of piperazine rings is 1. The molecule has 4 rings (SSSR count). The van der Waals surface area contributed by atoms with Crippen LogP contribution in [0.2, 0.25) is 0 Å². The first-order valence-electron chi connectivity index (χ1n) is 10.8. The Morgan fingerprint density at radius 2 is 1.97 bits per heavy atom. The molecule has 0 saturated carbocycles. The number of amides is 2. The van der Waals surface area contributed by atoms with Crippen molar-refractivity contribution in [2.24, 2.45) is 0 Å². The standard InChI is InChI=1S/C21H29N5O3S/c1-2-5-18(27)25-7-4-3-6-17(25)20(29)24-10-8-23(9-11-24)15-16-14-19(28)26-12-13-30-21(26)22-16/h12-14,17H,2-11,15H2,1H3. The second-order valence-electron chi connectivity index (χ2n) is 8.09. The Morgan fingerprint density at radius 3 is 2.73 bits per heavy atom. The lowest BCUT2D eigenvalue weighted by atomic mass is 9.99. The number of likely N-dealkylation sites (tertiary alicyclic amines) is 1. The van der Waals surface area contributed by atoms with E-state index in [4.69, 9.17) is 0 Å². The lowest BCUT2D eigenvalue weighted by Gasteiger charge is -2.40. The van der Waals surface area contributed by atoms with E-state index in [1.54, 1.807) is 16.7 Å². The van der Waals surface area contributed by atoms with E-state index in [0.29, 0.717) is 37.6 Å². The summed E-state index contributed by atoms with van der Waals surface area (Å²) in [6.07, 6.45) is 5.81. The third-order valence-corrected chi connectivity index (χ3v) is 6.75. The van der Waals surface area contributed by atoms with Gasteiger partial charge in [-0.2, -0.15) is 0 Å². The predicted molar refractivity (Wildman–Crippen MR) is 115 cm³/mol. The van der Waals surface area contributed by atoms with Crippen LogP contribution in [0.15, 0.2) is 22.4 Å². The van der Waals surface area contributed by atoms with Gasteiger partial charge in [-0.3, -0.25) is 23.7 Å². The first kappa shape index (κ1) is 21.0. The van der Waals surface area contributed by atoms with Gasteiger partial charge in [0.2, 0.25) is 11.8 Å². The molecule has 9 heteroatoms. The SMILES string of the molecule is CCCC(=O)N1CCCCC1C(=O)N1CCN(Cc2cc(=O)n3ccsc3n2)CC1. The number of hydrogen-bond donors (Lipinski definition) is 0. The lowest BCUT2D eigenvalue weighted by molar-refractivity contribution is -0.148. The second-order valence-corrected chi connectivity index (χ2v) is 8.96. The smallest absolute Gasteiger partial charge is 0.258 e. The largest absolute Gasteiger partial charge is 0.338 e. The van der Waals surface area contributed by atoms with Crippen LogP contribution in [-0.2, 0) is 16.1 Å². The quantitative estimate of drug-likeness (QED) is 0.718. The van der Waals surface area contributed by atoms with Crippen molar-refractivity contribution in [1.29, 1.82) is 0 Å². The minimum Gasteiger partial charge on any atom is -0.338 e. The third kappa shape index (κ3) is 4.41. The molecule has 0 aromatic carbocycles. The van der Waals surface area contributed by atoms with Gasteiger partial charge in [-0.15, -0.1) is 11.3 Å². The van der Waals surface area contributed by atoms with Crippen LogP contribution in [0.25, 0.3) is 4.96 Å². The molecular formula is C21H29N5O3S. The molecule has 2 aliphatic rings. The van der Waals surface area contributed by atoms with E-state index in [-0.39, 0.29) is 23.4 Å². The van der Waals surface area contributed by atoms with Crippen molar-refractivity contribution in [1.82, 2.24) is 24.1 Å². The fraction of sp³-hybridized carbons (Fsp3) is 0.619. The zero-order chi connectivity index (χ0) is 21.1. The van der Waals surface area contributed by atoms with Crippen LogP contribution in [0.1, 0.15) is 44.7 Å². The summed E-state index contributed by atoms with van der Waals surface area (Å²) in [7, 11) is 0. The summed E-state index contributed by atoms with van der Waals surface area (Å²) in [5.41, 5.74) is 0.713. The van der Waals surface area contributed by atoms with Gasteiger partial charge in [-0.05, 0) is 25.7 Å². The Kier molecular flexibility index (Phi) is 6.48. The van der Waals surface area contributed by atoms with Crippen molar-refractivity contribution < 1.29 is 9.59 Å². The molecule has 2 aliphatic heterocycles. The molecule has 1 unspecified atom stereocenters. The van der Waals surface area contributed by atoms with Crippen molar-refractivity contribution in [2.75, 3.05) is 32.7 Å². The van der Waals surface area contributed by atoms with Gasteiger partial charge in [0.1, 0.15) is 6.04 Å². The number of carbonyl (C=O) groups excluding carboxylic acids is 2. The van der Waals surface area contributed by atoms with Gasteiger partial charge in [0.15, 0.2) is 4.96 Å². The Morgan fingerprint density at radius 1 is 1.17 bits per heavy atom. The van der Waals surface area contributed by atoms with Gasteiger partial charge < -0.3 is 9.80 Å². The fourth-order valence-electron chi connectivity index (χ4n) is 4.38. The Labute approximate surface area is 180 Å². The lowest BCUT2D eigenvalue weighted by Crippen LogP contribution is -2.57. The van der Waals surface area contributed by atoms with Gasteiger partial charge in [0.25, 0.3) is 5.56 Å². The molecule has 1 atom stereocenters. The summed E-state index contributed by atoms with van der Waals surface area (Å²) in [6, 6.07) is 1.29. The predicted octanol–water partition coefficient (Wildman–Crippen LogP) is 1.58. The van der Waals surface area contributed by atoms with Crippen LogP contribution in [0.4, 0.5) is 0 Å². The van der Waals surface area contributed by atoms with Crippen LogP contribution in [0.5, 0.6) is 0 Å². The van der Waals surface area contributed by atoms with Gasteiger partial charge in [-0.25, -0.2) is 4.98 Å². The highest BCUT2D eigenvalue weighted by Gasteiger charge is 2.35. The zero-order valence-electron chi connectivity index (χ0n) is 17.5. The van der Waals surface area contributed by atoms with Gasteiger partial charge in [0, 0.05) is 63.3 Å².